The zero-order chi connectivity index (χ0) is 13.3. The summed E-state index contributed by atoms with van der Waals surface area (Å²) < 4.78 is 5.43. The molecule has 0 saturated heterocycles. The van der Waals surface area contributed by atoms with E-state index < -0.39 is 0 Å². The lowest BCUT2D eigenvalue weighted by Crippen LogP contribution is -2.32. The molecule has 0 spiro atoms. The van der Waals surface area contributed by atoms with Crippen LogP contribution in [0, 0.1) is 11.3 Å². The van der Waals surface area contributed by atoms with E-state index in [1.165, 1.54) is 0 Å². The highest BCUT2D eigenvalue weighted by Crippen LogP contribution is 2.37. The summed E-state index contributed by atoms with van der Waals surface area (Å²) in [6.45, 7) is 6.04. The normalized spacial score (nSPS) is 31.6. The van der Waals surface area contributed by atoms with E-state index in [4.69, 9.17) is 4.74 Å². The van der Waals surface area contributed by atoms with Crippen LogP contribution in [-0.4, -0.2) is 17.9 Å². The summed E-state index contributed by atoms with van der Waals surface area (Å²) in [7, 11) is 0. The molecule has 0 amide bonds. The van der Waals surface area contributed by atoms with Crippen LogP contribution >= 0.6 is 0 Å². The smallest absolute Gasteiger partial charge is 0.334 e. The maximum absolute atomic E-state index is 11.9. The van der Waals surface area contributed by atoms with E-state index in [2.05, 4.69) is 13.8 Å². The Balaban J connectivity index is 2.29. The first-order chi connectivity index (χ1) is 8.40. The highest BCUT2D eigenvalue weighted by atomic mass is 16.5. The first-order valence-corrected chi connectivity index (χ1v) is 6.52. The predicted octanol–water partition coefficient (Wildman–Crippen LogP) is 2.81. The summed E-state index contributed by atoms with van der Waals surface area (Å²) in [5.41, 5.74) is 0.546. The fourth-order valence-electron chi connectivity index (χ4n) is 2.65. The number of esters is 1. The van der Waals surface area contributed by atoms with E-state index in [0.29, 0.717) is 12.8 Å². The van der Waals surface area contributed by atoms with Gasteiger partial charge in [-0.15, -0.1) is 0 Å². The molecular weight excluding hydrogens is 228 g/mol. The molecule has 0 aromatic rings. The molecule has 0 aromatic carbocycles. The summed E-state index contributed by atoms with van der Waals surface area (Å²) in [5, 5.41) is 0. The molecule has 0 N–H and O–H groups in total. The fourth-order valence-corrected chi connectivity index (χ4v) is 2.65. The van der Waals surface area contributed by atoms with Crippen LogP contribution in [-0.2, 0) is 14.3 Å². The Bertz CT molecular complexity index is 429. The lowest BCUT2D eigenvalue weighted by molar-refractivity contribution is -0.144. The van der Waals surface area contributed by atoms with Crippen LogP contribution in [0.2, 0.25) is 0 Å². The van der Waals surface area contributed by atoms with Gasteiger partial charge in [-0.3, -0.25) is 4.79 Å². The van der Waals surface area contributed by atoms with E-state index in [1.54, 1.807) is 6.08 Å². The second kappa shape index (κ2) is 4.71. The van der Waals surface area contributed by atoms with Gasteiger partial charge < -0.3 is 4.74 Å². The van der Waals surface area contributed by atoms with Crippen LogP contribution in [0.25, 0.3) is 0 Å². The molecule has 2 rings (SSSR count). The highest BCUT2D eigenvalue weighted by Gasteiger charge is 2.38. The first-order valence-electron chi connectivity index (χ1n) is 6.52. The Morgan fingerprint density at radius 1 is 1.33 bits per heavy atom. The number of ketones is 1. The van der Waals surface area contributed by atoms with Gasteiger partial charge in [-0.25, -0.2) is 4.79 Å². The summed E-state index contributed by atoms with van der Waals surface area (Å²) in [6, 6.07) is 0. The van der Waals surface area contributed by atoms with Gasteiger partial charge in [-0.2, -0.15) is 0 Å². The molecular formula is C15H20O3. The predicted molar refractivity (Wildman–Crippen MR) is 68.9 cm³/mol. The minimum Gasteiger partial charge on any atom is -0.454 e. The second-order valence-corrected chi connectivity index (χ2v) is 5.95. The first kappa shape index (κ1) is 13.1. The molecule has 2 aliphatic rings. The second-order valence-electron chi connectivity index (χ2n) is 5.95. The third-order valence-corrected chi connectivity index (χ3v) is 3.80. The number of hydrogen-bond acceptors (Lipinski definition) is 3. The molecule has 2 bridgehead atoms. The van der Waals surface area contributed by atoms with Gasteiger partial charge in [0, 0.05) is 16.9 Å². The summed E-state index contributed by atoms with van der Waals surface area (Å²) in [5.74, 6) is -0.0660. The molecule has 18 heavy (non-hydrogen) atoms. The van der Waals surface area contributed by atoms with Crippen molar-refractivity contribution in [3.63, 3.8) is 0 Å². The quantitative estimate of drug-likeness (QED) is 0.619. The van der Waals surface area contributed by atoms with Gasteiger partial charge in [0.15, 0.2) is 5.78 Å². The molecule has 3 heteroatoms. The van der Waals surface area contributed by atoms with Crippen molar-refractivity contribution in [1.29, 1.82) is 0 Å². The van der Waals surface area contributed by atoms with Gasteiger partial charge in [0.1, 0.15) is 6.10 Å². The average Bonchev–Trinajstić information content (AvgIpc) is 2.65. The average molecular weight is 248 g/mol. The summed E-state index contributed by atoms with van der Waals surface area (Å²) >= 11 is 0. The number of rotatable bonds is 0. The van der Waals surface area contributed by atoms with E-state index in [-0.39, 0.29) is 29.2 Å². The Hall–Kier alpha value is -1.38. The zero-order valence-electron chi connectivity index (χ0n) is 11.2. The number of ether oxygens (including phenoxy) is 1. The molecule has 98 valence electrons. The van der Waals surface area contributed by atoms with Crippen molar-refractivity contribution in [2.45, 2.75) is 46.1 Å². The van der Waals surface area contributed by atoms with E-state index in [9.17, 15) is 9.59 Å². The van der Waals surface area contributed by atoms with Gasteiger partial charge in [0.2, 0.25) is 0 Å². The molecule has 0 aromatic heterocycles. The Morgan fingerprint density at radius 3 is 2.78 bits per heavy atom. The van der Waals surface area contributed by atoms with Crippen molar-refractivity contribution in [2.75, 3.05) is 0 Å². The molecule has 3 nitrogen and oxygen atoms in total. The van der Waals surface area contributed by atoms with Crippen LogP contribution in [0.3, 0.4) is 0 Å². The maximum atomic E-state index is 11.9. The van der Waals surface area contributed by atoms with Crippen molar-refractivity contribution in [3.8, 4) is 0 Å². The van der Waals surface area contributed by atoms with Crippen LogP contribution in [0.4, 0.5) is 0 Å². The van der Waals surface area contributed by atoms with Crippen LogP contribution in [0.1, 0.15) is 40.0 Å². The number of fused-ring (bicyclic) bond motifs is 1. The number of hydrogen-bond donors (Lipinski definition) is 0. The molecule has 1 aliphatic heterocycles. The van der Waals surface area contributed by atoms with E-state index in [1.807, 2.05) is 19.1 Å². The van der Waals surface area contributed by atoms with Crippen molar-refractivity contribution in [1.82, 2.24) is 0 Å². The maximum Gasteiger partial charge on any atom is 0.334 e. The fraction of sp³-hybridized carbons (Fsp3) is 0.600. The number of carbonyl (C=O) groups excluding carboxylic acids is 2. The van der Waals surface area contributed by atoms with Gasteiger partial charge in [-0.1, -0.05) is 26.8 Å². The highest BCUT2D eigenvalue weighted by molar-refractivity contribution is 5.92. The molecule has 0 fully saturated rings. The monoisotopic (exact) mass is 248 g/mol. The van der Waals surface area contributed by atoms with Crippen molar-refractivity contribution < 1.29 is 14.3 Å². The van der Waals surface area contributed by atoms with Crippen molar-refractivity contribution in [3.05, 3.63) is 23.8 Å². The summed E-state index contributed by atoms with van der Waals surface area (Å²) in [6.07, 6.45) is 7.35. The topological polar surface area (TPSA) is 43.4 Å². The van der Waals surface area contributed by atoms with Crippen LogP contribution in [0.15, 0.2) is 23.8 Å². The minimum absolute atomic E-state index is 0.0366. The Morgan fingerprint density at radius 2 is 2.06 bits per heavy atom. The van der Waals surface area contributed by atoms with Gasteiger partial charge in [0.25, 0.3) is 0 Å². The Labute approximate surface area is 108 Å². The van der Waals surface area contributed by atoms with Crippen molar-refractivity contribution in [2.24, 2.45) is 11.3 Å². The largest absolute Gasteiger partial charge is 0.454 e. The lowest BCUT2D eigenvalue weighted by Gasteiger charge is -2.31. The SMILES string of the molecule is CC1CC(C)(C)C2C=C(CCC=CC1=O)C(=O)O2. The minimum atomic E-state index is -0.204. The molecule has 1 aliphatic carbocycles. The van der Waals surface area contributed by atoms with Gasteiger partial charge >= 0.3 is 5.97 Å². The molecule has 0 saturated carbocycles. The number of carbonyl (C=O) groups is 2. The van der Waals surface area contributed by atoms with E-state index >= 15 is 0 Å². The molecule has 0 radical (unpaired) electrons. The van der Waals surface area contributed by atoms with Crippen LogP contribution < -0.4 is 0 Å². The standard InChI is InChI=1S/C15H20O3/c1-10-9-15(2,3)13-8-11(14(17)18-13)6-4-5-7-12(10)16/h5,7-8,10,13H,4,6,9H2,1-3H3. The molecule has 2 atom stereocenters. The van der Waals surface area contributed by atoms with E-state index in [0.717, 1.165) is 12.0 Å². The van der Waals surface area contributed by atoms with Gasteiger partial charge in [-0.05, 0) is 31.4 Å². The zero-order valence-corrected chi connectivity index (χ0v) is 11.2. The van der Waals surface area contributed by atoms with Crippen molar-refractivity contribution >= 4 is 11.8 Å². The third-order valence-electron chi connectivity index (χ3n) is 3.80. The summed E-state index contributed by atoms with van der Waals surface area (Å²) in [4.78, 5) is 23.6. The third kappa shape index (κ3) is 2.55. The number of allylic oxidation sites excluding steroid dienone is 2. The van der Waals surface area contributed by atoms with Crippen LogP contribution in [0.5, 0.6) is 0 Å². The lowest BCUT2D eigenvalue weighted by atomic mass is 9.77. The Kier molecular flexibility index (Phi) is 3.42. The molecule has 2 unspecified atom stereocenters. The van der Waals surface area contributed by atoms with Gasteiger partial charge in [0.05, 0.1) is 0 Å². The molecule has 1 heterocycles.